The Morgan fingerprint density at radius 1 is 1.00 bits per heavy atom. The van der Waals surface area contributed by atoms with Crippen LogP contribution in [0.25, 0.3) is 0 Å². The summed E-state index contributed by atoms with van der Waals surface area (Å²) < 4.78 is 16.5. The van der Waals surface area contributed by atoms with E-state index in [0.717, 1.165) is 11.3 Å². The molecule has 1 unspecified atom stereocenters. The van der Waals surface area contributed by atoms with E-state index in [1.807, 2.05) is 49.4 Å². The Balaban J connectivity index is 0.00000392. The Hall–Kier alpha value is -2.16. The van der Waals surface area contributed by atoms with E-state index in [4.69, 9.17) is 14.2 Å². The first kappa shape index (κ1) is 23.9. The minimum Gasteiger partial charge on any atom is -0.493 e. The molecular formula is C21H30IN3O3. The van der Waals surface area contributed by atoms with Crippen LogP contribution < -0.4 is 24.8 Å². The van der Waals surface area contributed by atoms with Gasteiger partial charge in [0, 0.05) is 13.6 Å². The summed E-state index contributed by atoms with van der Waals surface area (Å²) in [5.41, 5.74) is 2.28. The third-order valence-electron chi connectivity index (χ3n) is 4.05. The van der Waals surface area contributed by atoms with Gasteiger partial charge in [-0.15, -0.1) is 24.0 Å². The van der Waals surface area contributed by atoms with Crippen molar-refractivity contribution in [3.8, 4) is 17.2 Å². The summed E-state index contributed by atoms with van der Waals surface area (Å²) in [5, 5.41) is 6.57. The van der Waals surface area contributed by atoms with Crippen LogP contribution in [0.2, 0.25) is 0 Å². The van der Waals surface area contributed by atoms with Gasteiger partial charge in [-0.1, -0.05) is 23.8 Å². The standard InChI is InChI=1S/C21H29N3O3.HI/c1-15-6-9-18(10-7-15)27-16(2)13-23-21(22-3)24-14-17-8-11-19(25-4)20(12-17)26-5;/h6-12,16H,13-14H2,1-5H3,(H2,22,23,24);1H. The Morgan fingerprint density at radius 2 is 1.68 bits per heavy atom. The first-order chi connectivity index (χ1) is 13.0. The van der Waals surface area contributed by atoms with Crippen molar-refractivity contribution in [3.05, 3.63) is 53.6 Å². The maximum atomic E-state index is 5.91. The number of halogens is 1. The maximum Gasteiger partial charge on any atom is 0.191 e. The molecule has 2 N–H and O–H groups in total. The van der Waals surface area contributed by atoms with E-state index in [1.54, 1.807) is 21.3 Å². The highest BCUT2D eigenvalue weighted by atomic mass is 127. The average Bonchev–Trinajstić information content (AvgIpc) is 2.69. The molecule has 0 amide bonds. The fraction of sp³-hybridized carbons (Fsp3) is 0.381. The van der Waals surface area contributed by atoms with Crippen molar-refractivity contribution in [1.82, 2.24) is 10.6 Å². The number of guanidine groups is 1. The first-order valence-electron chi connectivity index (χ1n) is 8.94. The van der Waals surface area contributed by atoms with E-state index < -0.39 is 0 Å². The highest BCUT2D eigenvalue weighted by Crippen LogP contribution is 2.27. The fourth-order valence-electron chi connectivity index (χ4n) is 2.53. The Kier molecular flexibility index (Phi) is 10.5. The van der Waals surface area contributed by atoms with E-state index in [2.05, 4.69) is 22.5 Å². The summed E-state index contributed by atoms with van der Waals surface area (Å²) in [5.74, 6) is 3.00. The van der Waals surface area contributed by atoms with Crippen molar-refractivity contribution in [1.29, 1.82) is 0 Å². The molecule has 6 nitrogen and oxygen atoms in total. The number of rotatable bonds is 8. The molecule has 28 heavy (non-hydrogen) atoms. The summed E-state index contributed by atoms with van der Waals surface area (Å²) in [6, 6.07) is 13.9. The van der Waals surface area contributed by atoms with Gasteiger partial charge < -0.3 is 24.8 Å². The van der Waals surface area contributed by atoms with Gasteiger partial charge in [0.2, 0.25) is 0 Å². The van der Waals surface area contributed by atoms with E-state index in [0.29, 0.717) is 30.5 Å². The number of ether oxygens (including phenoxy) is 3. The van der Waals surface area contributed by atoms with Gasteiger partial charge in [-0.2, -0.15) is 0 Å². The monoisotopic (exact) mass is 499 g/mol. The molecule has 1 atom stereocenters. The Labute approximate surface area is 184 Å². The number of hydrogen-bond donors (Lipinski definition) is 2. The summed E-state index contributed by atoms with van der Waals surface area (Å²) in [7, 11) is 5.00. The smallest absolute Gasteiger partial charge is 0.191 e. The SMILES string of the molecule is CN=C(NCc1ccc(OC)c(OC)c1)NCC(C)Oc1ccc(C)cc1.I. The molecule has 0 aliphatic rings. The second-order valence-electron chi connectivity index (χ2n) is 6.24. The van der Waals surface area contributed by atoms with E-state index in [1.165, 1.54) is 5.56 Å². The van der Waals surface area contributed by atoms with Crippen LogP contribution in [0.1, 0.15) is 18.1 Å². The van der Waals surface area contributed by atoms with Gasteiger partial charge in [0.1, 0.15) is 11.9 Å². The van der Waals surface area contributed by atoms with Gasteiger partial charge in [-0.05, 0) is 43.7 Å². The van der Waals surface area contributed by atoms with Crippen LogP contribution in [0.15, 0.2) is 47.5 Å². The third-order valence-corrected chi connectivity index (χ3v) is 4.05. The molecule has 0 aliphatic carbocycles. The number of methoxy groups -OCH3 is 2. The van der Waals surface area contributed by atoms with Crippen LogP contribution in [0.3, 0.4) is 0 Å². The molecule has 2 aromatic carbocycles. The zero-order valence-electron chi connectivity index (χ0n) is 17.1. The van der Waals surface area contributed by atoms with Crippen molar-refractivity contribution >= 4 is 29.9 Å². The number of aliphatic imine (C=N–C) groups is 1. The van der Waals surface area contributed by atoms with Gasteiger partial charge in [0.25, 0.3) is 0 Å². The quantitative estimate of drug-likeness (QED) is 0.329. The molecule has 7 heteroatoms. The van der Waals surface area contributed by atoms with Crippen molar-refractivity contribution in [2.75, 3.05) is 27.8 Å². The number of benzene rings is 2. The van der Waals surface area contributed by atoms with Crippen LogP contribution >= 0.6 is 24.0 Å². The van der Waals surface area contributed by atoms with Crippen LogP contribution in [0, 0.1) is 6.92 Å². The third kappa shape index (κ3) is 7.46. The fourth-order valence-corrected chi connectivity index (χ4v) is 2.53. The van der Waals surface area contributed by atoms with Gasteiger partial charge >= 0.3 is 0 Å². The predicted octanol–water partition coefficient (Wildman–Crippen LogP) is 3.76. The van der Waals surface area contributed by atoms with Crippen molar-refractivity contribution in [3.63, 3.8) is 0 Å². The topological polar surface area (TPSA) is 64.1 Å². The van der Waals surface area contributed by atoms with E-state index >= 15 is 0 Å². The highest BCUT2D eigenvalue weighted by Gasteiger charge is 2.07. The molecule has 0 aromatic heterocycles. The Morgan fingerprint density at radius 3 is 2.29 bits per heavy atom. The summed E-state index contributed by atoms with van der Waals surface area (Å²) >= 11 is 0. The first-order valence-corrected chi connectivity index (χ1v) is 8.94. The summed E-state index contributed by atoms with van der Waals surface area (Å²) in [4.78, 5) is 4.25. The number of aryl methyl sites for hydroxylation is 1. The maximum absolute atomic E-state index is 5.91. The Bertz CT molecular complexity index is 751. The second kappa shape index (κ2) is 12.3. The summed E-state index contributed by atoms with van der Waals surface area (Å²) in [6.45, 7) is 5.34. The molecule has 154 valence electrons. The van der Waals surface area contributed by atoms with Crippen LogP contribution in [0.5, 0.6) is 17.2 Å². The molecule has 0 radical (unpaired) electrons. The molecule has 0 saturated carbocycles. The molecule has 0 fully saturated rings. The molecule has 0 saturated heterocycles. The number of nitrogens with zero attached hydrogens (tertiary/aromatic N) is 1. The lowest BCUT2D eigenvalue weighted by atomic mass is 10.2. The zero-order valence-corrected chi connectivity index (χ0v) is 19.4. The van der Waals surface area contributed by atoms with Gasteiger partial charge in [0.05, 0.1) is 20.8 Å². The van der Waals surface area contributed by atoms with Gasteiger partial charge in [0.15, 0.2) is 17.5 Å². The molecule has 2 aromatic rings. The zero-order chi connectivity index (χ0) is 19.6. The predicted molar refractivity (Wildman–Crippen MR) is 124 cm³/mol. The van der Waals surface area contributed by atoms with Crippen LogP contribution in [-0.2, 0) is 6.54 Å². The van der Waals surface area contributed by atoms with Crippen molar-refractivity contribution < 1.29 is 14.2 Å². The second-order valence-corrected chi connectivity index (χ2v) is 6.24. The van der Waals surface area contributed by atoms with Gasteiger partial charge in [-0.25, -0.2) is 0 Å². The van der Waals surface area contributed by atoms with Crippen molar-refractivity contribution in [2.45, 2.75) is 26.5 Å². The van der Waals surface area contributed by atoms with Gasteiger partial charge in [-0.3, -0.25) is 4.99 Å². The van der Waals surface area contributed by atoms with E-state index in [-0.39, 0.29) is 30.1 Å². The average molecular weight is 499 g/mol. The molecule has 0 bridgehead atoms. The molecule has 0 heterocycles. The summed E-state index contributed by atoms with van der Waals surface area (Å²) in [6.07, 6.45) is 0.00679. The number of hydrogen-bond acceptors (Lipinski definition) is 4. The molecule has 0 aliphatic heterocycles. The lowest BCUT2D eigenvalue weighted by Crippen LogP contribution is -2.41. The largest absolute Gasteiger partial charge is 0.493 e. The molecule has 2 rings (SSSR count). The van der Waals surface area contributed by atoms with Crippen LogP contribution in [-0.4, -0.2) is 39.9 Å². The normalized spacial score (nSPS) is 11.8. The van der Waals surface area contributed by atoms with Crippen LogP contribution in [0.4, 0.5) is 0 Å². The lowest BCUT2D eigenvalue weighted by molar-refractivity contribution is 0.224. The lowest BCUT2D eigenvalue weighted by Gasteiger charge is -2.18. The van der Waals surface area contributed by atoms with E-state index in [9.17, 15) is 0 Å². The molecular weight excluding hydrogens is 469 g/mol. The van der Waals surface area contributed by atoms with Crippen molar-refractivity contribution in [2.24, 2.45) is 4.99 Å². The minimum atomic E-state index is 0. The highest BCUT2D eigenvalue weighted by molar-refractivity contribution is 14.0. The molecule has 0 spiro atoms. The number of nitrogens with one attached hydrogen (secondary N) is 2. The minimum absolute atomic E-state index is 0.